The van der Waals surface area contributed by atoms with Crippen molar-refractivity contribution in [3.8, 4) is 11.1 Å². The predicted molar refractivity (Wildman–Crippen MR) is 68.7 cm³/mol. The van der Waals surface area contributed by atoms with Crippen LogP contribution in [-0.4, -0.2) is 23.1 Å². The van der Waals surface area contributed by atoms with E-state index < -0.39 is 0 Å². The summed E-state index contributed by atoms with van der Waals surface area (Å²) in [6.07, 6.45) is 4.12. The van der Waals surface area contributed by atoms with Gasteiger partial charge in [0.25, 0.3) is 0 Å². The molecule has 2 rings (SSSR count). The third kappa shape index (κ3) is 2.73. The first-order chi connectivity index (χ1) is 8.85. The van der Waals surface area contributed by atoms with Crippen LogP contribution >= 0.6 is 0 Å². The molecule has 1 unspecified atom stereocenters. The highest BCUT2D eigenvalue weighted by atomic mass is 16.3. The zero-order chi connectivity index (χ0) is 12.8. The smallest absolute Gasteiger partial charge is 0.207 e. The summed E-state index contributed by atoms with van der Waals surface area (Å²) >= 11 is 0. The molecule has 1 amide bonds. The second-order valence-corrected chi connectivity index (χ2v) is 3.88. The number of hydrogen-bond acceptors (Lipinski definition) is 3. The van der Waals surface area contributed by atoms with Crippen LogP contribution in [0.1, 0.15) is 11.6 Å². The van der Waals surface area contributed by atoms with Gasteiger partial charge >= 0.3 is 0 Å². The highest BCUT2D eigenvalue weighted by Crippen LogP contribution is 2.20. The Morgan fingerprint density at radius 1 is 1.22 bits per heavy atom. The molecule has 18 heavy (non-hydrogen) atoms. The largest absolute Gasteiger partial charge is 0.394 e. The molecule has 0 fully saturated rings. The van der Waals surface area contributed by atoms with Crippen LogP contribution in [0.3, 0.4) is 0 Å². The maximum Gasteiger partial charge on any atom is 0.207 e. The lowest BCUT2D eigenvalue weighted by Gasteiger charge is -2.13. The summed E-state index contributed by atoms with van der Waals surface area (Å²) in [6, 6.07) is 11.2. The van der Waals surface area contributed by atoms with E-state index in [1.807, 2.05) is 36.4 Å². The number of rotatable bonds is 5. The van der Waals surface area contributed by atoms with Gasteiger partial charge in [-0.1, -0.05) is 30.3 Å². The molecule has 0 saturated heterocycles. The van der Waals surface area contributed by atoms with E-state index >= 15 is 0 Å². The van der Waals surface area contributed by atoms with E-state index in [-0.39, 0.29) is 12.6 Å². The number of carbonyl (C=O) groups is 1. The Hall–Kier alpha value is -2.20. The number of benzene rings is 1. The Morgan fingerprint density at radius 2 is 2.00 bits per heavy atom. The number of aromatic nitrogens is 1. The van der Waals surface area contributed by atoms with Crippen molar-refractivity contribution < 1.29 is 9.90 Å². The van der Waals surface area contributed by atoms with Gasteiger partial charge in [0.15, 0.2) is 0 Å². The highest BCUT2D eigenvalue weighted by Gasteiger charge is 2.08. The molecule has 1 aromatic heterocycles. The molecule has 0 saturated carbocycles. The third-order valence-corrected chi connectivity index (χ3v) is 2.76. The molecule has 0 radical (unpaired) electrons. The molecule has 0 bridgehead atoms. The van der Waals surface area contributed by atoms with Crippen molar-refractivity contribution in [1.82, 2.24) is 10.3 Å². The van der Waals surface area contributed by atoms with Crippen LogP contribution in [0.4, 0.5) is 0 Å². The van der Waals surface area contributed by atoms with Crippen LogP contribution in [0, 0.1) is 0 Å². The Labute approximate surface area is 105 Å². The highest BCUT2D eigenvalue weighted by molar-refractivity contribution is 5.62. The second-order valence-electron chi connectivity index (χ2n) is 3.88. The summed E-state index contributed by atoms with van der Waals surface area (Å²) in [5, 5.41) is 11.7. The van der Waals surface area contributed by atoms with E-state index in [1.54, 1.807) is 12.4 Å². The average Bonchev–Trinajstić information content (AvgIpc) is 2.46. The van der Waals surface area contributed by atoms with Crippen LogP contribution in [-0.2, 0) is 4.79 Å². The third-order valence-electron chi connectivity index (χ3n) is 2.76. The Kier molecular flexibility index (Phi) is 4.04. The molecule has 2 aromatic rings. The minimum absolute atomic E-state index is 0.120. The minimum Gasteiger partial charge on any atom is -0.394 e. The quantitative estimate of drug-likeness (QED) is 0.781. The number of carbonyl (C=O) groups excluding carboxylic acids is 1. The summed E-state index contributed by atoms with van der Waals surface area (Å²) in [4.78, 5) is 14.5. The van der Waals surface area contributed by atoms with E-state index in [2.05, 4.69) is 10.3 Å². The average molecular weight is 242 g/mol. The van der Waals surface area contributed by atoms with Gasteiger partial charge in [-0.15, -0.1) is 0 Å². The molecule has 92 valence electrons. The van der Waals surface area contributed by atoms with E-state index in [1.165, 1.54) is 0 Å². The number of aliphatic hydroxyl groups is 1. The molecule has 0 spiro atoms. The van der Waals surface area contributed by atoms with Gasteiger partial charge in [-0.25, -0.2) is 0 Å². The van der Waals surface area contributed by atoms with Gasteiger partial charge in [0.05, 0.1) is 12.6 Å². The van der Waals surface area contributed by atoms with Gasteiger partial charge in [0.2, 0.25) is 6.41 Å². The molecule has 2 N–H and O–H groups in total. The van der Waals surface area contributed by atoms with Crippen LogP contribution in [0.25, 0.3) is 11.1 Å². The standard InChI is InChI=1S/C14H14N2O2/c17-9-14(16-10-18)12-5-3-11(4-6-12)13-2-1-7-15-8-13/h1-8,10,14,17H,9H2,(H,16,18). The molecule has 0 aliphatic carbocycles. The van der Waals surface area contributed by atoms with Crippen molar-refractivity contribution in [1.29, 1.82) is 0 Å². The lowest BCUT2D eigenvalue weighted by atomic mass is 10.0. The molecule has 1 aromatic carbocycles. The molecule has 0 aliphatic rings. The van der Waals surface area contributed by atoms with E-state index in [0.717, 1.165) is 16.7 Å². The fourth-order valence-corrected chi connectivity index (χ4v) is 1.78. The fraction of sp³-hybridized carbons (Fsp3) is 0.143. The van der Waals surface area contributed by atoms with E-state index in [9.17, 15) is 4.79 Å². The molecular formula is C14H14N2O2. The van der Waals surface area contributed by atoms with Gasteiger partial charge in [0.1, 0.15) is 0 Å². The Bertz CT molecular complexity index is 497. The first-order valence-corrected chi connectivity index (χ1v) is 5.66. The van der Waals surface area contributed by atoms with Gasteiger partial charge < -0.3 is 10.4 Å². The Balaban J connectivity index is 2.22. The normalized spacial score (nSPS) is 11.8. The second kappa shape index (κ2) is 5.93. The number of amides is 1. The maximum absolute atomic E-state index is 10.4. The van der Waals surface area contributed by atoms with Gasteiger partial charge in [-0.3, -0.25) is 9.78 Å². The van der Waals surface area contributed by atoms with Crippen molar-refractivity contribution in [2.45, 2.75) is 6.04 Å². The lowest BCUT2D eigenvalue weighted by molar-refractivity contribution is -0.110. The van der Waals surface area contributed by atoms with Gasteiger partial charge in [0, 0.05) is 12.4 Å². The fourth-order valence-electron chi connectivity index (χ4n) is 1.78. The van der Waals surface area contributed by atoms with Crippen LogP contribution in [0.2, 0.25) is 0 Å². The number of nitrogens with zero attached hydrogens (tertiary/aromatic N) is 1. The van der Waals surface area contributed by atoms with Crippen molar-refractivity contribution in [3.63, 3.8) is 0 Å². The summed E-state index contributed by atoms with van der Waals surface area (Å²) in [5.74, 6) is 0. The van der Waals surface area contributed by atoms with E-state index in [0.29, 0.717) is 6.41 Å². The summed E-state index contributed by atoms with van der Waals surface area (Å²) < 4.78 is 0. The first kappa shape index (κ1) is 12.3. The zero-order valence-electron chi connectivity index (χ0n) is 9.78. The summed E-state index contributed by atoms with van der Waals surface area (Å²) in [6.45, 7) is -0.120. The van der Waals surface area contributed by atoms with Crippen LogP contribution in [0.15, 0.2) is 48.8 Å². The molecule has 1 atom stereocenters. The van der Waals surface area contributed by atoms with Crippen molar-refractivity contribution in [2.75, 3.05) is 6.61 Å². The summed E-state index contributed by atoms with van der Waals surface area (Å²) in [5.41, 5.74) is 2.96. The Morgan fingerprint density at radius 3 is 2.56 bits per heavy atom. The molecule has 1 heterocycles. The lowest BCUT2D eigenvalue weighted by Crippen LogP contribution is -2.22. The predicted octanol–water partition coefficient (Wildman–Crippen LogP) is 1.53. The summed E-state index contributed by atoms with van der Waals surface area (Å²) in [7, 11) is 0. The zero-order valence-corrected chi connectivity index (χ0v) is 9.78. The van der Waals surface area contributed by atoms with Crippen LogP contribution < -0.4 is 5.32 Å². The van der Waals surface area contributed by atoms with Gasteiger partial charge in [-0.2, -0.15) is 0 Å². The number of pyridine rings is 1. The SMILES string of the molecule is O=CNC(CO)c1ccc(-c2cccnc2)cc1. The number of nitrogens with one attached hydrogen (secondary N) is 1. The van der Waals surface area contributed by atoms with Crippen molar-refractivity contribution in [3.05, 3.63) is 54.4 Å². The first-order valence-electron chi connectivity index (χ1n) is 5.66. The topological polar surface area (TPSA) is 62.2 Å². The van der Waals surface area contributed by atoms with E-state index in [4.69, 9.17) is 5.11 Å². The van der Waals surface area contributed by atoms with Crippen molar-refractivity contribution >= 4 is 6.41 Å². The van der Waals surface area contributed by atoms with Crippen LogP contribution in [0.5, 0.6) is 0 Å². The number of hydrogen-bond donors (Lipinski definition) is 2. The van der Waals surface area contributed by atoms with Gasteiger partial charge in [-0.05, 0) is 22.8 Å². The van der Waals surface area contributed by atoms with Crippen molar-refractivity contribution in [2.24, 2.45) is 0 Å². The monoisotopic (exact) mass is 242 g/mol. The molecule has 4 heteroatoms. The maximum atomic E-state index is 10.4. The molecule has 4 nitrogen and oxygen atoms in total. The number of aliphatic hydroxyl groups excluding tert-OH is 1. The molecule has 0 aliphatic heterocycles. The molecular weight excluding hydrogens is 228 g/mol. The minimum atomic E-state index is -0.356.